The monoisotopic (exact) mass is 244 g/mol. The quantitative estimate of drug-likeness (QED) is 0.620. The second-order valence-electron chi connectivity index (χ2n) is 4.03. The summed E-state index contributed by atoms with van der Waals surface area (Å²) in [4.78, 5) is 35.0. The Labute approximate surface area is 98.7 Å². The van der Waals surface area contributed by atoms with Crippen molar-refractivity contribution in [2.24, 2.45) is 5.92 Å². The lowest BCUT2D eigenvalue weighted by Crippen LogP contribution is -2.49. The average Bonchev–Trinajstić information content (AvgIpc) is 2.55. The largest absolute Gasteiger partial charge is 0.480 e. The third-order valence-electron chi connectivity index (χ3n) is 2.93. The van der Waals surface area contributed by atoms with Crippen molar-refractivity contribution in [3.8, 4) is 0 Å². The molecule has 2 N–H and O–H groups in total. The number of aliphatic carboxylic acids is 1. The molecule has 1 rings (SSSR count). The van der Waals surface area contributed by atoms with Crippen LogP contribution in [-0.4, -0.2) is 54.2 Å². The number of carbonyl (C=O) groups is 3. The first-order valence-corrected chi connectivity index (χ1v) is 5.18. The highest BCUT2D eigenvalue weighted by Crippen LogP contribution is 2.28. The van der Waals surface area contributed by atoms with Gasteiger partial charge in [0.15, 0.2) is 0 Å². The molecule has 1 unspecified atom stereocenters. The van der Waals surface area contributed by atoms with Crippen molar-refractivity contribution in [1.29, 1.82) is 0 Å². The van der Waals surface area contributed by atoms with Crippen LogP contribution in [0.5, 0.6) is 0 Å². The van der Waals surface area contributed by atoms with Crippen LogP contribution in [0.4, 0.5) is 0 Å². The number of nitrogens with zero attached hydrogens (tertiary/aromatic N) is 1. The van der Waals surface area contributed by atoms with Gasteiger partial charge in [-0.3, -0.25) is 19.3 Å². The van der Waals surface area contributed by atoms with E-state index in [1.165, 1.54) is 18.9 Å². The average molecular weight is 244 g/mol. The van der Waals surface area contributed by atoms with Gasteiger partial charge < -0.3 is 15.2 Å². The predicted molar refractivity (Wildman–Crippen MR) is 56.9 cm³/mol. The van der Waals surface area contributed by atoms with E-state index in [2.05, 4.69) is 10.1 Å². The van der Waals surface area contributed by atoms with E-state index in [1.54, 1.807) is 7.05 Å². The molecule has 1 heterocycles. The fourth-order valence-electron chi connectivity index (χ4n) is 2.08. The Morgan fingerprint density at radius 2 is 2.00 bits per heavy atom. The first-order valence-electron chi connectivity index (χ1n) is 5.18. The third-order valence-corrected chi connectivity index (χ3v) is 2.93. The normalized spacial score (nSPS) is 28.8. The van der Waals surface area contributed by atoms with Gasteiger partial charge in [0, 0.05) is 6.92 Å². The van der Waals surface area contributed by atoms with Gasteiger partial charge in [-0.1, -0.05) is 0 Å². The van der Waals surface area contributed by atoms with E-state index >= 15 is 0 Å². The van der Waals surface area contributed by atoms with Gasteiger partial charge in [0.05, 0.1) is 19.2 Å². The van der Waals surface area contributed by atoms with Crippen molar-refractivity contribution in [2.45, 2.75) is 25.6 Å². The molecule has 1 amide bonds. The molecule has 7 heteroatoms. The van der Waals surface area contributed by atoms with Crippen molar-refractivity contribution in [3.05, 3.63) is 0 Å². The number of methoxy groups -OCH3 is 1. The number of ether oxygens (including phenoxy) is 1. The third kappa shape index (κ3) is 2.73. The van der Waals surface area contributed by atoms with Crippen molar-refractivity contribution in [3.63, 3.8) is 0 Å². The number of hydrogen-bond acceptors (Lipinski definition) is 5. The molecule has 17 heavy (non-hydrogen) atoms. The summed E-state index contributed by atoms with van der Waals surface area (Å²) < 4.78 is 4.61. The number of carbonyl (C=O) groups excluding carboxylic acids is 2. The molecule has 3 atom stereocenters. The van der Waals surface area contributed by atoms with Crippen LogP contribution in [0.1, 0.15) is 13.3 Å². The number of hydrogen-bond donors (Lipinski definition) is 2. The summed E-state index contributed by atoms with van der Waals surface area (Å²) in [6.07, 6.45) is -0.509. The van der Waals surface area contributed by atoms with Crippen molar-refractivity contribution < 1.29 is 24.2 Å². The highest BCUT2D eigenvalue weighted by atomic mass is 16.5. The Hall–Kier alpha value is -1.63. The Morgan fingerprint density at radius 3 is 2.41 bits per heavy atom. The van der Waals surface area contributed by atoms with E-state index in [9.17, 15) is 14.4 Å². The summed E-state index contributed by atoms with van der Waals surface area (Å²) in [6, 6.07) is -0.795. The number of carboxylic acids is 1. The summed E-state index contributed by atoms with van der Waals surface area (Å²) in [5, 5.41) is 11.6. The molecule has 0 spiro atoms. The van der Waals surface area contributed by atoms with Crippen LogP contribution in [0.2, 0.25) is 0 Å². The SMILES string of the molecule is COC(=O)[C@@H]1C[C@H](C(=O)O)N(C)C1NC(C)=O. The highest BCUT2D eigenvalue weighted by molar-refractivity contribution is 5.81. The lowest BCUT2D eigenvalue weighted by atomic mass is 10.0. The maximum absolute atomic E-state index is 11.5. The van der Waals surface area contributed by atoms with E-state index in [-0.39, 0.29) is 12.3 Å². The number of nitrogens with one attached hydrogen (secondary N) is 1. The van der Waals surface area contributed by atoms with E-state index < -0.39 is 30.1 Å². The molecule has 7 nitrogen and oxygen atoms in total. The first kappa shape index (κ1) is 13.4. The highest BCUT2D eigenvalue weighted by Gasteiger charge is 2.46. The molecule has 0 aromatic heterocycles. The van der Waals surface area contributed by atoms with Crippen molar-refractivity contribution in [2.75, 3.05) is 14.2 Å². The number of likely N-dealkylation sites (tertiary alicyclic amines) is 1. The Morgan fingerprint density at radius 1 is 1.41 bits per heavy atom. The molecule has 1 saturated heterocycles. The number of carboxylic acid groups (broad SMARTS) is 1. The van der Waals surface area contributed by atoms with Gasteiger partial charge in [-0.25, -0.2) is 0 Å². The van der Waals surface area contributed by atoms with Crippen LogP contribution in [0, 0.1) is 5.92 Å². The van der Waals surface area contributed by atoms with Crippen LogP contribution in [0.3, 0.4) is 0 Å². The number of likely N-dealkylation sites (N-methyl/N-ethyl adjacent to an activating group) is 1. The Balaban J connectivity index is 2.90. The second-order valence-corrected chi connectivity index (χ2v) is 4.03. The molecule has 0 aromatic rings. The lowest BCUT2D eigenvalue weighted by molar-refractivity contribution is -0.147. The zero-order valence-electron chi connectivity index (χ0n) is 9.97. The number of amides is 1. The number of rotatable bonds is 3. The predicted octanol–water partition coefficient (Wildman–Crippen LogP) is -0.973. The van der Waals surface area contributed by atoms with Gasteiger partial charge >= 0.3 is 11.9 Å². The Kier molecular flexibility index (Phi) is 4.06. The van der Waals surface area contributed by atoms with Gasteiger partial charge in [0.1, 0.15) is 6.04 Å². The molecule has 0 saturated carbocycles. The molecule has 1 aliphatic rings. The van der Waals surface area contributed by atoms with E-state index in [0.717, 1.165) is 0 Å². The van der Waals surface area contributed by atoms with Crippen LogP contribution in [0.15, 0.2) is 0 Å². The molecular weight excluding hydrogens is 228 g/mol. The zero-order chi connectivity index (χ0) is 13.2. The summed E-state index contributed by atoms with van der Waals surface area (Å²) >= 11 is 0. The maximum Gasteiger partial charge on any atom is 0.321 e. The van der Waals surface area contributed by atoms with Crippen LogP contribution >= 0.6 is 0 Å². The molecule has 96 valence electrons. The van der Waals surface area contributed by atoms with Gasteiger partial charge in [-0.15, -0.1) is 0 Å². The minimum absolute atomic E-state index is 0.128. The summed E-state index contributed by atoms with van der Waals surface area (Å²) in [7, 11) is 2.80. The summed E-state index contributed by atoms with van der Waals surface area (Å²) in [6.45, 7) is 1.32. The molecular formula is C10H16N2O5. The topological polar surface area (TPSA) is 95.9 Å². The van der Waals surface area contributed by atoms with Gasteiger partial charge in [0.2, 0.25) is 5.91 Å². The second kappa shape index (κ2) is 5.13. The summed E-state index contributed by atoms with van der Waals surface area (Å²) in [5.41, 5.74) is 0. The van der Waals surface area contributed by atoms with E-state index in [1.807, 2.05) is 0 Å². The minimum Gasteiger partial charge on any atom is -0.480 e. The summed E-state index contributed by atoms with van der Waals surface area (Å²) in [5.74, 6) is -2.51. The molecule has 1 fully saturated rings. The fraction of sp³-hybridized carbons (Fsp3) is 0.700. The van der Waals surface area contributed by atoms with Gasteiger partial charge in [-0.05, 0) is 13.5 Å². The van der Waals surface area contributed by atoms with Crippen LogP contribution < -0.4 is 5.32 Å². The lowest BCUT2D eigenvalue weighted by Gasteiger charge is -2.25. The fourth-order valence-corrected chi connectivity index (χ4v) is 2.08. The van der Waals surface area contributed by atoms with Crippen molar-refractivity contribution in [1.82, 2.24) is 10.2 Å². The standard InChI is InChI=1S/C10H16N2O5/c1-5(13)11-8-6(10(16)17-3)4-7(9(14)15)12(8)2/h6-8H,4H2,1-3H3,(H,11,13)(H,14,15)/t6-,7-,8?/m1/s1. The molecule has 0 aliphatic carbocycles. The first-order chi connectivity index (χ1) is 7.88. The maximum atomic E-state index is 11.5. The molecule has 1 aliphatic heterocycles. The van der Waals surface area contributed by atoms with Crippen molar-refractivity contribution >= 4 is 17.8 Å². The minimum atomic E-state index is -1.02. The Bertz CT molecular complexity index is 344. The number of esters is 1. The van der Waals surface area contributed by atoms with E-state index in [0.29, 0.717) is 0 Å². The van der Waals surface area contributed by atoms with Crippen LogP contribution in [0.25, 0.3) is 0 Å². The van der Waals surface area contributed by atoms with Crippen LogP contribution in [-0.2, 0) is 19.1 Å². The molecule has 0 radical (unpaired) electrons. The van der Waals surface area contributed by atoms with E-state index in [4.69, 9.17) is 5.11 Å². The molecule has 0 bridgehead atoms. The molecule has 0 aromatic carbocycles. The van der Waals surface area contributed by atoms with Gasteiger partial charge in [0.25, 0.3) is 0 Å². The smallest absolute Gasteiger partial charge is 0.321 e. The van der Waals surface area contributed by atoms with Gasteiger partial charge in [-0.2, -0.15) is 0 Å². The zero-order valence-corrected chi connectivity index (χ0v) is 9.97.